The van der Waals surface area contributed by atoms with E-state index >= 15 is 0 Å². The number of nitrogens with one attached hydrogen (secondary N) is 1. The highest BCUT2D eigenvalue weighted by molar-refractivity contribution is 5.95. The highest BCUT2D eigenvalue weighted by atomic mass is 16.5. The van der Waals surface area contributed by atoms with Crippen molar-refractivity contribution in [1.82, 2.24) is 9.78 Å². The summed E-state index contributed by atoms with van der Waals surface area (Å²) in [5, 5.41) is 17.9. The van der Waals surface area contributed by atoms with Gasteiger partial charge in [-0.25, -0.2) is 9.48 Å². The van der Waals surface area contributed by atoms with Crippen LogP contribution in [0.15, 0.2) is 42.5 Å². The Labute approximate surface area is 170 Å². The zero-order valence-corrected chi connectivity index (χ0v) is 17.1. The third-order valence-corrected chi connectivity index (χ3v) is 5.64. The van der Waals surface area contributed by atoms with Crippen LogP contribution in [0.3, 0.4) is 0 Å². The molecule has 0 unspecified atom stereocenters. The van der Waals surface area contributed by atoms with E-state index in [0.29, 0.717) is 11.4 Å². The summed E-state index contributed by atoms with van der Waals surface area (Å²) in [6.45, 7) is 6.31. The van der Waals surface area contributed by atoms with Crippen molar-refractivity contribution < 1.29 is 14.6 Å². The van der Waals surface area contributed by atoms with Gasteiger partial charge in [0.05, 0.1) is 29.7 Å². The molecule has 150 valence electrons. The van der Waals surface area contributed by atoms with Crippen molar-refractivity contribution in [3.63, 3.8) is 0 Å². The summed E-state index contributed by atoms with van der Waals surface area (Å²) in [6, 6.07) is 13.3. The Morgan fingerprint density at radius 1 is 1.17 bits per heavy atom. The average Bonchev–Trinajstić information content (AvgIpc) is 3.31. The third kappa shape index (κ3) is 3.58. The van der Waals surface area contributed by atoms with Crippen LogP contribution in [0.5, 0.6) is 5.75 Å². The van der Waals surface area contributed by atoms with Crippen molar-refractivity contribution in [2.24, 2.45) is 0 Å². The van der Waals surface area contributed by atoms with Crippen molar-refractivity contribution in [1.29, 1.82) is 0 Å². The van der Waals surface area contributed by atoms with Gasteiger partial charge in [0.15, 0.2) is 0 Å². The number of nitrogens with zero attached hydrogens (tertiary/aromatic N) is 2. The van der Waals surface area contributed by atoms with Crippen LogP contribution < -0.4 is 10.1 Å². The number of aryl methyl sites for hydroxylation is 2. The molecular weight excluding hydrogens is 366 g/mol. The first-order valence-electron chi connectivity index (χ1n) is 9.67. The summed E-state index contributed by atoms with van der Waals surface area (Å²) in [7, 11) is 1.52. The number of carboxylic acids is 1. The molecule has 1 aliphatic rings. The van der Waals surface area contributed by atoms with E-state index < -0.39 is 5.97 Å². The van der Waals surface area contributed by atoms with E-state index in [1.54, 1.807) is 12.1 Å². The minimum Gasteiger partial charge on any atom is -0.497 e. The molecule has 0 spiro atoms. The normalized spacial score (nSPS) is 14.5. The number of benzene rings is 2. The average molecular weight is 391 g/mol. The number of hydrogen-bond acceptors (Lipinski definition) is 4. The van der Waals surface area contributed by atoms with Gasteiger partial charge in [-0.15, -0.1) is 0 Å². The van der Waals surface area contributed by atoms with E-state index in [-0.39, 0.29) is 11.0 Å². The van der Waals surface area contributed by atoms with Gasteiger partial charge in [0.25, 0.3) is 0 Å². The fourth-order valence-corrected chi connectivity index (χ4v) is 3.41. The molecule has 2 N–H and O–H groups in total. The van der Waals surface area contributed by atoms with E-state index in [1.165, 1.54) is 13.2 Å². The topological polar surface area (TPSA) is 76.4 Å². The van der Waals surface area contributed by atoms with Gasteiger partial charge >= 0.3 is 5.97 Å². The number of rotatable bonds is 6. The molecule has 1 fully saturated rings. The Kier molecular flexibility index (Phi) is 4.57. The van der Waals surface area contributed by atoms with Crippen molar-refractivity contribution in [2.75, 3.05) is 12.4 Å². The number of carbonyl (C=O) groups is 1. The van der Waals surface area contributed by atoms with Gasteiger partial charge < -0.3 is 15.2 Å². The van der Waals surface area contributed by atoms with E-state index in [0.717, 1.165) is 41.2 Å². The molecule has 0 atom stereocenters. The third-order valence-electron chi connectivity index (χ3n) is 5.64. The molecule has 0 saturated heterocycles. The monoisotopic (exact) mass is 391 g/mol. The minimum absolute atomic E-state index is 0.0922. The number of aromatic nitrogens is 2. The van der Waals surface area contributed by atoms with Gasteiger partial charge in [-0.1, -0.05) is 19.1 Å². The zero-order chi connectivity index (χ0) is 20.8. The summed E-state index contributed by atoms with van der Waals surface area (Å²) in [4.78, 5) is 11.8. The molecule has 1 aliphatic carbocycles. The molecule has 29 heavy (non-hydrogen) atoms. The molecule has 1 aromatic heterocycles. The molecule has 6 heteroatoms. The molecule has 1 saturated carbocycles. The predicted molar refractivity (Wildman–Crippen MR) is 113 cm³/mol. The molecule has 1 heterocycles. The summed E-state index contributed by atoms with van der Waals surface area (Å²) < 4.78 is 7.07. The summed E-state index contributed by atoms with van der Waals surface area (Å²) in [6.07, 6.45) is 2.22. The lowest BCUT2D eigenvalue weighted by Gasteiger charge is -2.14. The fourth-order valence-electron chi connectivity index (χ4n) is 3.41. The van der Waals surface area contributed by atoms with Gasteiger partial charge in [0.1, 0.15) is 11.6 Å². The van der Waals surface area contributed by atoms with Crippen LogP contribution in [-0.4, -0.2) is 28.0 Å². The Bertz CT molecular complexity index is 1100. The van der Waals surface area contributed by atoms with Crippen LogP contribution >= 0.6 is 0 Å². The maximum Gasteiger partial charge on any atom is 0.337 e. The Morgan fingerprint density at radius 2 is 1.93 bits per heavy atom. The van der Waals surface area contributed by atoms with Crippen LogP contribution in [-0.2, 0) is 5.41 Å². The molecule has 0 amide bonds. The summed E-state index contributed by atoms with van der Waals surface area (Å²) >= 11 is 0. The van der Waals surface area contributed by atoms with Gasteiger partial charge in [-0.05, 0) is 62.1 Å². The first kappa shape index (κ1) is 19.1. The number of aromatic carboxylic acids is 1. The summed E-state index contributed by atoms with van der Waals surface area (Å²) in [5.74, 6) is 0.232. The van der Waals surface area contributed by atoms with Crippen LogP contribution in [0.2, 0.25) is 0 Å². The number of carboxylic acid groups (broad SMARTS) is 1. The standard InChI is InChI=1S/C23H25N3O3/c1-14-5-6-15(2)19(11-14)26-21(13-20(25-26)23(3)9-10-23)24-18-8-7-16(29-4)12-17(18)22(27)28/h5-8,11-13,24H,9-10H2,1-4H3,(H,27,28). The van der Waals surface area contributed by atoms with E-state index in [9.17, 15) is 9.90 Å². The van der Waals surface area contributed by atoms with Gasteiger partial charge in [0.2, 0.25) is 0 Å². The lowest BCUT2D eigenvalue weighted by atomic mass is 10.1. The number of methoxy groups -OCH3 is 1. The second kappa shape index (κ2) is 6.95. The van der Waals surface area contributed by atoms with Crippen molar-refractivity contribution in [3.05, 3.63) is 64.8 Å². The van der Waals surface area contributed by atoms with Gasteiger partial charge in [-0.2, -0.15) is 5.10 Å². The zero-order valence-electron chi connectivity index (χ0n) is 17.1. The molecule has 4 rings (SSSR count). The predicted octanol–water partition coefficient (Wildman–Crippen LogP) is 4.99. The smallest absolute Gasteiger partial charge is 0.337 e. The highest BCUT2D eigenvalue weighted by Gasteiger charge is 2.42. The second-order valence-electron chi connectivity index (χ2n) is 8.02. The van der Waals surface area contributed by atoms with Crippen LogP contribution in [0.25, 0.3) is 5.69 Å². The van der Waals surface area contributed by atoms with Crippen LogP contribution in [0.4, 0.5) is 11.5 Å². The maximum atomic E-state index is 11.8. The summed E-state index contributed by atoms with van der Waals surface area (Å²) in [5.41, 5.74) is 4.98. The van der Waals surface area contributed by atoms with Crippen LogP contribution in [0, 0.1) is 13.8 Å². The van der Waals surface area contributed by atoms with Crippen molar-refractivity contribution in [2.45, 2.75) is 39.0 Å². The molecule has 2 aromatic carbocycles. The quantitative estimate of drug-likeness (QED) is 0.619. The lowest BCUT2D eigenvalue weighted by Crippen LogP contribution is -2.08. The Hall–Kier alpha value is -3.28. The largest absolute Gasteiger partial charge is 0.497 e. The number of ether oxygens (including phenoxy) is 1. The second-order valence-corrected chi connectivity index (χ2v) is 8.02. The lowest BCUT2D eigenvalue weighted by molar-refractivity contribution is 0.0697. The fraction of sp³-hybridized carbons (Fsp3) is 0.304. The van der Waals surface area contributed by atoms with Gasteiger partial charge in [0, 0.05) is 11.5 Å². The van der Waals surface area contributed by atoms with E-state index in [1.807, 2.05) is 10.7 Å². The van der Waals surface area contributed by atoms with Crippen molar-refractivity contribution >= 4 is 17.5 Å². The molecule has 0 aliphatic heterocycles. The van der Waals surface area contributed by atoms with E-state index in [4.69, 9.17) is 9.84 Å². The first-order chi connectivity index (χ1) is 13.8. The Morgan fingerprint density at radius 3 is 2.59 bits per heavy atom. The van der Waals surface area contributed by atoms with Crippen molar-refractivity contribution in [3.8, 4) is 11.4 Å². The number of anilines is 2. The first-order valence-corrected chi connectivity index (χ1v) is 9.67. The van der Waals surface area contributed by atoms with Crippen LogP contribution in [0.1, 0.15) is 46.9 Å². The molecule has 0 radical (unpaired) electrons. The molecule has 6 nitrogen and oxygen atoms in total. The highest BCUT2D eigenvalue weighted by Crippen LogP contribution is 2.48. The Balaban J connectivity index is 1.83. The van der Waals surface area contributed by atoms with Gasteiger partial charge in [-0.3, -0.25) is 0 Å². The number of hydrogen-bond donors (Lipinski definition) is 2. The molecule has 3 aromatic rings. The minimum atomic E-state index is -1.02. The molecule has 0 bridgehead atoms. The van der Waals surface area contributed by atoms with E-state index in [2.05, 4.69) is 44.3 Å². The maximum absolute atomic E-state index is 11.8. The molecular formula is C23H25N3O3. The SMILES string of the molecule is COc1ccc(Nc2cc(C3(C)CC3)nn2-c2cc(C)ccc2C)c(C(=O)O)c1.